The van der Waals surface area contributed by atoms with Crippen molar-refractivity contribution in [3.8, 4) is 5.75 Å². The Hall–Kier alpha value is -1.84. The number of ether oxygens (including phenoxy) is 1. The first-order valence-corrected chi connectivity index (χ1v) is 17.6. The fraction of sp³-hybridized carbons (Fsp3) is 0.788. The number of aliphatic hydroxyl groups is 2. The average molecular weight is 605 g/mol. The van der Waals surface area contributed by atoms with Crippen LogP contribution in [0.1, 0.15) is 85.5 Å². The highest BCUT2D eigenvalue weighted by Gasteiger charge is 2.64. The number of rotatable bonds is 8. The van der Waals surface area contributed by atoms with Gasteiger partial charge in [-0.25, -0.2) is 17.9 Å². The summed E-state index contributed by atoms with van der Waals surface area (Å²) >= 11 is 0. The molecule has 0 aromatic heterocycles. The highest BCUT2D eigenvalue weighted by molar-refractivity contribution is 7.90. The number of sulfonamides is 1. The summed E-state index contributed by atoms with van der Waals surface area (Å²) in [5, 5.41) is 25.2. The van der Waals surface area contributed by atoms with Crippen molar-refractivity contribution in [2.45, 2.75) is 103 Å². The van der Waals surface area contributed by atoms with Gasteiger partial charge in [0.25, 0.3) is 10.0 Å². The molecule has 0 saturated heterocycles. The molecule has 5 rings (SSSR count). The number of fused-ring (bicyclic) bond motifs is 5. The summed E-state index contributed by atoms with van der Waals surface area (Å²) in [7, 11) is -2.46. The molecule has 8 nitrogen and oxygen atoms in total. The Labute approximate surface area is 252 Å². The second-order valence-corrected chi connectivity index (χ2v) is 16.1. The SMILES string of the molecule is CC[C@H]1[C@@H](O)[C@@H]2[C@H](CC[C@]3(C)[C@@H]([C@H](C)CCNC(=O)NS(=O)(=O)c4ccc(OC)cc4)CC[C@@H]23)[C@@]2(C)CC[C@@H](O)C[C@@H]12. The van der Waals surface area contributed by atoms with Gasteiger partial charge >= 0.3 is 6.03 Å². The number of carbonyl (C=O) groups excluding carboxylic acids is 1. The third kappa shape index (κ3) is 5.47. The summed E-state index contributed by atoms with van der Waals surface area (Å²) in [6.45, 7) is 9.80. The van der Waals surface area contributed by atoms with E-state index >= 15 is 0 Å². The smallest absolute Gasteiger partial charge is 0.328 e. The van der Waals surface area contributed by atoms with Gasteiger partial charge in [0.2, 0.25) is 0 Å². The molecule has 4 fully saturated rings. The minimum absolute atomic E-state index is 0.00661. The third-order valence-corrected chi connectivity index (χ3v) is 14.0. The van der Waals surface area contributed by atoms with E-state index in [2.05, 4.69) is 37.7 Å². The van der Waals surface area contributed by atoms with Crippen molar-refractivity contribution < 1.29 is 28.2 Å². The highest BCUT2D eigenvalue weighted by Crippen LogP contribution is 2.69. The first-order valence-electron chi connectivity index (χ1n) is 16.2. The van der Waals surface area contributed by atoms with Crippen LogP contribution in [0.3, 0.4) is 0 Å². The Morgan fingerprint density at radius 1 is 1.02 bits per heavy atom. The molecule has 4 aliphatic carbocycles. The maximum absolute atomic E-state index is 12.6. The predicted octanol–water partition coefficient (Wildman–Crippen LogP) is 5.34. The zero-order valence-corrected chi connectivity index (χ0v) is 26.8. The van der Waals surface area contributed by atoms with Crippen molar-refractivity contribution in [1.82, 2.24) is 10.0 Å². The topological polar surface area (TPSA) is 125 Å². The normalized spacial score (nSPS) is 40.3. The Balaban J connectivity index is 1.20. The molecule has 9 heteroatoms. The van der Waals surface area contributed by atoms with E-state index in [-0.39, 0.29) is 33.9 Å². The summed E-state index contributed by atoms with van der Waals surface area (Å²) in [6, 6.07) is 5.19. The molecule has 0 bridgehead atoms. The summed E-state index contributed by atoms with van der Waals surface area (Å²) in [4.78, 5) is 12.5. The molecule has 0 radical (unpaired) electrons. The lowest BCUT2D eigenvalue weighted by molar-refractivity contribution is -0.203. The molecule has 1 aromatic rings. The number of benzene rings is 1. The largest absolute Gasteiger partial charge is 0.497 e. The van der Waals surface area contributed by atoms with Crippen LogP contribution in [0, 0.1) is 52.3 Å². The van der Waals surface area contributed by atoms with E-state index in [0.29, 0.717) is 47.8 Å². The number of methoxy groups -OCH3 is 1. The minimum atomic E-state index is -3.97. The van der Waals surface area contributed by atoms with E-state index in [1.807, 2.05) is 0 Å². The maximum Gasteiger partial charge on any atom is 0.328 e. The lowest BCUT2D eigenvalue weighted by atomic mass is 9.41. The molecule has 11 atom stereocenters. The number of carbonyl (C=O) groups is 1. The van der Waals surface area contributed by atoms with Crippen molar-refractivity contribution in [2.24, 2.45) is 52.3 Å². The quantitative estimate of drug-likeness (QED) is 0.318. The summed E-state index contributed by atoms with van der Waals surface area (Å²) in [5.74, 6) is 3.37. The van der Waals surface area contributed by atoms with Gasteiger partial charge in [-0.2, -0.15) is 0 Å². The molecule has 236 valence electrons. The van der Waals surface area contributed by atoms with E-state index < -0.39 is 16.1 Å². The first-order chi connectivity index (χ1) is 19.9. The zero-order chi connectivity index (χ0) is 30.4. The van der Waals surface area contributed by atoms with Gasteiger partial charge < -0.3 is 20.3 Å². The molecule has 2 amide bonds. The number of hydrogen-bond donors (Lipinski definition) is 4. The summed E-state index contributed by atoms with van der Waals surface area (Å²) in [6.07, 6.45) is 8.54. The van der Waals surface area contributed by atoms with Crippen LogP contribution in [0.15, 0.2) is 29.2 Å². The zero-order valence-electron chi connectivity index (χ0n) is 26.0. The molecular formula is C33H52N2O6S. The van der Waals surface area contributed by atoms with Gasteiger partial charge in [0.15, 0.2) is 0 Å². The van der Waals surface area contributed by atoms with E-state index in [1.165, 1.54) is 19.2 Å². The third-order valence-electron chi connectivity index (χ3n) is 12.6. The number of aliphatic hydroxyl groups excluding tert-OH is 2. The molecular weight excluding hydrogens is 552 g/mol. The Morgan fingerprint density at radius 3 is 2.36 bits per heavy atom. The van der Waals surface area contributed by atoms with Gasteiger partial charge in [-0.05, 0) is 128 Å². The molecule has 0 unspecified atom stereocenters. The van der Waals surface area contributed by atoms with Crippen LogP contribution in [0.5, 0.6) is 5.75 Å². The first kappa shape index (κ1) is 31.6. The number of nitrogens with one attached hydrogen (secondary N) is 2. The predicted molar refractivity (Wildman–Crippen MR) is 162 cm³/mol. The van der Waals surface area contributed by atoms with Crippen molar-refractivity contribution in [3.05, 3.63) is 24.3 Å². The van der Waals surface area contributed by atoms with Gasteiger partial charge in [-0.1, -0.05) is 34.1 Å². The second kappa shape index (κ2) is 11.9. The van der Waals surface area contributed by atoms with Crippen molar-refractivity contribution in [3.63, 3.8) is 0 Å². The standard InChI is InChI=1S/C33H52N2O6S/c1-6-24-28-19-21(36)13-16-33(28,4)27-14-17-32(3)25(11-12-26(32)29(27)30(24)37)20(2)15-18-34-31(38)35-42(39,40)23-9-7-22(41-5)8-10-23/h7-10,20-21,24-30,36-37H,6,11-19H2,1-5H3,(H2,34,35,38)/t20-,21-,24-,25-,26+,27+,28+,29+,30-,32-,33-/m1/s1. The van der Waals surface area contributed by atoms with Gasteiger partial charge in [0.1, 0.15) is 5.75 Å². The van der Waals surface area contributed by atoms with Crippen LogP contribution in [0.4, 0.5) is 4.79 Å². The average Bonchev–Trinajstić information content (AvgIpc) is 3.31. The van der Waals surface area contributed by atoms with Crippen LogP contribution in [0.25, 0.3) is 0 Å². The summed E-state index contributed by atoms with van der Waals surface area (Å²) < 4.78 is 32.4. The van der Waals surface area contributed by atoms with Crippen LogP contribution in [0.2, 0.25) is 0 Å². The van der Waals surface area contributed by atoms with E-state index in [9.17, 15) is 23.4 Å². The number of hydrogen-bond acceptors (Lipinski definition) is 6. The molecule has 0 aliphatic heterocycles. The molecule has 0 spiro atoms. The van der Waals surface area contributed by atoms with Gasteiger partial charge in [-0.15, -0.1) is 0 Å². The molecule has 0 heterocycles. The van der Waals surface area contributed by atoms with Gasteiger partial charge in [0, 0.05) is 6.54 Å². The van der Waals surface area contributed by atoms with Crippen molar-refractivity contribution in [2.75, 3.05) is 13.7 Å². The van der Waals surface area contributed by atoms with Crippen LogP contribution in [-0.2, 0) is 10.0 Å². The molecule has 42 heavy (non-hydrogen) atoms. The van der Waals surface area contributed by atoms with Crippen molar-refractivity contribution >= 4 is 16.1 Å². The molecule has 4 aliphatic rings. The van der Waals surface area contributed by atoms with Gasteiger partial charge in [0.05, 0.1) is 24.2 Å². The fourth-order valence-corrected chi connectivity index (χ4v) is 11.4. The Kier molecular flexibility index (Phi) is 8.96. The van der Waals surface area contributed by atoms with Gasteiger partial charge in [-0.3, -0.25) is 0 Å². The minimum Gasteiger partial charge on any atom is -0.497 e. The molecule has 1 aromatic carbocycles. The summed E-state index contributed by atoms with van der Waals surface area (Å²) in [5.41, 5.74) is 0.343. The van der Waals surface area contributed by atoms with E-state index in [1.54, 1.807) is 12.1 Å². The lowest BCUT2D eigenvalue weighted by Crippen LogP contribution is -2.62. The van der Waals surface area contributed by atoms with Crippen LogP contribution < -0.4 is 14.8 Å². The number of urea groups is 1. The lowest BCUT2D eigenvalue weighted by Gasteiger charge is -2.64. The molecule has 4 N–H and O–H groups in total. The van der Waals surface area contributed by atoms with E-state index in [0.717, 1.165) is 57.8 Å². The monoisotopic (exact) mass is 604 g/mol. The fourth-order valence-electron chi connectivity index (χ4n) is 10.5. The van der Waals surface area contributed by atoms with E-state index in [4.69, 9.17) is 4.74 Å². The molecule has 4 saturated carbocycles. The Morgan fingerprint density at radius 2 is 1.69 bits per heavy atom. The second-order valence-electron chi connectivity index (χ2n) is 14.4. The maximum atomic E-state index is 12.6. The van der Waals surface area contributed by atoms with Crippen molar-refractivity contribution in [1.29, 1.82) is 0 Å². The highest BCUT2D eigenvalue weighted by atomic mass is 32.2. The number of amides is 2. The van der Waals surface area contributed by atoms with Crippen LogP contribution in [-0.4, -0.2) is 50.5 Å². The Bertz CT molecular complexity index is 1220. The van der Waals surface area contributed by atoms with Crippen LogP contribution >= 0.6 is 0 Å².